The van der Waals surface area contributed by atoms with Gasteiger partial charge < -0.3 is 10.1 Å². The van der Waals surface area contributed by atoms with Crippen LogP contribution in [0, 0.1) is 11.8 Å². The zero-order valence-corrected chi connectivity index (χ0v) is 22.1. The number of unbranched alkanes of at least 4 members (excludes halogenated alkanes) is 2. The summed E-state index contributed by atoms with van der Waals surface area (Å²) in [6.45, 7) is 1.63. The zero-order valence-electron chi connectivity index (χ0n) is 20.6. The number of hydrogen-bond acceptors (Lipinski definition) is 4. The number of nitrogens with zero attached hydrogens (tertiary/aromatic N) is 1. The molecule has 37 heavy (non-hydrogen) atoms. The number of ether oxygens (including phenoxy) is 1. The van der Waals surface area contributed by atoms with E-state index in [1.54, 1.807) is 0 Å². The number of imide groups is 1. The summed E-state index contributed by atoms with van der Waals surface area (Å²) in [4.78, 5) is 38.8. The van der Waals surface area contributed by atoms with Gasteiger partial charge in [0.05, 0.1) is 17.9 Å². The van der Waals surface area contributed by atoms with Crippen molar-refractivity contribution in [2.24, 2.45) is 11.8 Å². The Hall–Kier alpha value is -2.41. The Bertz CT molecular complexity index is 1140. The standard InChI is InChI=1S/C29H30Cl2N2O4/c30-28-19-10-3-4-11-20(19)29(31,22-13-6-5-12-21(22)28)25-24(28)26(35)33(27(25)36)15-7-1-2-14-23(34)32-17-18-9-8-16-37-18/h3-6,10-13,18,24-25H,1-2,7-9,14-17H2,(H,32,34)/t18-,24-,25+,28?,29?/m0/s1. The predicted octanol–water partition coefficient (Wildman–Crippen LogP) is 4.44. The molecule has 2 heterocycles. The quantitative estimate of drug-likeness (QED) is 0.305. The minimum Gasteiger partial charge on any atom is -0.376 e. The average molecular weight is 541 g/mol. The van der Waals surface area contributed by atoms with E-state index >= 15 is 0 Å². The topological polar surface area (TPSA) is 75.7 Å². The van der Waals surface area contributed by atoms with Gasteiger partial charge in [-0.2, -0.15) is 0 Å². The van der Waals surface area contributed by atoms with Gasteiger partial charge in [0.15, 0.2) is 0 Å². The van der Waals surface area contributed by atoms with E-state index in [9.17, 15) is 14.4 Å². The Morgan fingerprint density at radius 2 is 1.43 bits per heavy atom. The second-order valence-electron chi connectivity index (χ2n) is 10.5. The van der Waals surface area contributed by atoms with Crippen molar-refractivity contribution < 1.29 is 19.1 Å². The summed E-state index contributed by atoms with van der Waals surface area (Å²) in [6, 6.07) is 15.3. The molecular formula is C29H30Cl2N2O4. The van der Waals surface area contributed by atoms with Crippen LogP contribution < -0.4 is 5.32 Å². The molecule has 2 aromatic rings. The molecule has 0 unspecified atom stereocenters. The Balaban J connectivity index is 1.15. The minimum atomic E-state index is -1.14. The van der Waals surface area contributed by atoms with Gasteiger partial charge in [0.1, 0.15) is 9.75 Å². The van der Waals surface area contributed by atoms with Crippen LogP contribution >= 0.6 is 23.2 Å². The first-order valence-electron chi connectivity index (χ1n) is 13.2. The van der Waals surface area contributed by atoms with Crippen molar-refractivity contribution in [3.8, 4) is 0 Å². The molecule has 0 radical (unpaired) electrons. The summed E-state index contributed by atoms with van der Waals surface area (Å²) in [7, 11) is 0. The summed E-state index contributed by atoms with van der Waals surface area (Å²) in [5, 5.41) is 2.93. The van der Waals surface area contributed by atoms with Gasteiger partial charge in [-0.15, -0.1) is 23.2 Å². The lowest BCUT2D eigenvalue weighted by Gasteiger charge is -2.54. The Morgan fingerprint density at radius 3 is 1.92 bits per heavy atom. The van der Waals surface area contributed by atoms with E-state index in [0.717, 1.165) is 48.1 Å². The highest BCUT2D eigenvalue weighted by atomic mass is 35.5. The second-order valence-corrected chi connectivity index (χ2v) is 11.7. The van der Waals surface area contributed by atoms with Crippen LogP contribution in [0.1, 0.15) is 60.8 Å². The van der Waals surface area contributed by atoms with Gasteiger partial charge in [-0.25, -0.2) is 0 Å². The van der Waals surface area contributed by atoms with Crippen LogP contribution in [0.3, 0.4) is 0 Å². The number of benzene rings is 2. The number of hydrogen-bond donors (Lipinski definition) is 1. The monoisotopic (exact) mass is 540 g/mol. The molecule has 2 bridgehead atoms. The van der Waals surface area contributed by atoms with Crippen molar-refractivity contribution in [2.75, 3.05) is 19.7 Å². The van der Waals surface area contributed by atoms with Crippen LogP contribution in [0.2, 0.25) is 0 Å². The molecular weight excluding hydrogens is 511 g/mol. The molecule has 6 nitrogen and oxygen atoms in total. The molecule has 5 aliphatic rings. The third-order valence-corrected chi connectivity index (χ3v) is 9.80. The van der Waals surface area contributed by atoms with E-state index in [1.807, 2.05) is 48.5 Å². The van der Waals surface area contributed by atoms with Crippen molar-refractivity contribution in [1.82, 2.24) is 10.2 Å². The van der Waals surface area contributed by atoms with Gasteiger partial charge in [-0.05, 0) is 47.9 Å². The maximum absolute atomic E-state index is 13.8. The van der Waals surface area contributed by atoms with Crippen LogP contribution in [-0.4, -0.2) is 48.4 Å². The first kappa shape index (κ1) is 24.9. The predicted molar refractivity (Wildman–Crippen MR) is 140 cm³/mol. The second kappa shape index (κ2) is 9.40. The smallest absolute Gasteiger partial charge is 0.235 e. The fourth-order valence-electron chi connectivity index (χ4n) is 6.80. The molecule has 1 N–H and O–H groups in total. The van der Waals surface area contributed by atoms with Crippen LogP contribution in [0.15, 0.2) is 48.5 Å². The highest BCUT2D eigenvalue weighted by Crippen LogP contribution is 2.69. The van der Waals surface area contributed by atoms with Crippen molar-refractivity contribution in [3.63, 3.8) is 0 Å². The molecule has 0 aromatic heterocycles. The molecule has 7 rings (SSSR count). The first-order chi connectivity index (χ1) is 17.9. The Labute approximate surface area is 226 Å². The molecule has 2 aromatic carbocycles. The number of carbonyl (C=O) groups excluding carboxylic acids is 3. The van der Waals surface area contributed by atoms with E-state index in [1.165, 1.54) is 4.90 Å². The lowest BCUT2D eigenvalue weighted by atomic mass is 9.54. The van der Waals surface area contributed by atoms with E-state index in [-0.39, 0.29) is 23.8 Å². The van der Waals surface area contributed by atoms with Gasteiger partial charge in [0, 0.05) is 26.1 Å². The van der Waals surface area contributed by atoms with E-state index in [4.69, 9.17) is 27.9 Å². The van der Waals surface area contributed by atoms with Gasteiger partial charge in [0.25, 0.3) is 0 Å². The van der Waals surface area contributed by atoms with Gasteiger partial charge >= 0.3 is 0 Å². The first-order valence-corrected chi connectivity index (χ1v) is 14.0. The molecule has 3 aliphatic carbocycles. The zero-order chi connectivity index (χ0) is 25.8. The van der Waals surface area contributed by atoms with Crippen LogP contribution in [0.5, 0.6) is 0 Å². The molecule has 2 aliphatic heterocycles. The Kier molecular flexibility index (Phi) is 6.33. The highest BCUT2D eigenvalue weighted by Gasteiger charge is 2.72. The summed E-state index contributed by atoms with van der Waals surface area (Å²) in [6.07, 6.45) is 4.63. The lowest BCUT2D eigenvalue weighted by Crippen LogP contribution is -2.57. The summed E-state index contributed by atoms with van der Waals surface area (Å²) in [5.41, 5.74) is 3.24. The Morgan fingerprint density at radius 1 is 0.892 bits per heavy atom. The summed E-state index contributed by atoms with van der Waals surface area (Å²) >= 11 is 14.9. The average Bonchev–Trinajstić information content (AvgIpc) is 3.52. The molecule has 0 saturated carbocycles. The van der Waals surface area contributed by atoms with E-state index in [0.29, 0.717) is 32.4 Å². The lowest BCUT2D eigenvalue weighted by molar-refractivity contribution is -0.140. The van der Waals surface area contributed by atoms with Crippen LogP contribution in [0.4, 0.5) is 0 Å². The number of rotatable bonds is 8. The normalized spacial score (nSPS) is 31.3. The fourth-order valence-corrected chi connectivity index (χ4v) is 7.90. The van der Waals surface area contributed by atoms with E-state index < -0.39 is 21.6 Å². The van der Waals surface area contributed by atoms with Crippen LogP contribution in [-0.2, 0) is 28.9 Å². The van der Waals surface area contributed by atoms with Gasteiger partial charge in [-0.1, -0.05) is 55.0 Å². The molecule has 2 saturated heterocycles. The number of halogens is 2. The third-order valence-electron chi connectivity index (χ3n) is 8.51. The maximum Gasteiger partial charge on any atom is 0.235 e. The SMILES string of the molecule is O=C(CCCCCN1C(=O)[C@@H]2[C@H](C1=O)C1(Cl)c3ccccc3C2(Cl)c2ccccc21)NC[C@@H]1CCCO1. The molecule has 194 valence electrons. The van der Waals surface area contributed by atoms with Gasteiger partial charge in [-0.3, -0.25) is 19.3 Å². The maximum atomic E-state index is 13.8. The molecule has 8 heteroatoms. The van der Waals surface area contributed by atoms with Crippen molar-refractivity contribution in [3.05, 3.63) is 70.8 Å². The number of amides is 3. The summed E-state index contributed by atoms with van der Waals surface area (Å²) < 4.78 is 5.54. The molecule has 3 atom stereocenters. The van der Waals surface area contributed by atoms with Gasteiger partial charge in [0.2, 0.25) is 17.7 Å². The number of carbonyl (C=O) groups is 3. The molecule has 2 fully saturated rings. The minimum absolute atomic E-state index is 0.00936. The third kappa shape index (κ3) is 3.67. The van der Waals surface area contributed by atoms with Crippen molar-refractivity contribution >= 4 is 40.9 Å². The van der Waals surface area contributed by atoms with Crippen molar-refractivity contribution in [1.29, 1.82) is 0 Å². The van der Waals surface area contributed by atoms with Crippen LogP contribution in [0.25, 0.3) is 0 Å². The number of nitrogens with one attached hydrogen (secondary N) is 1. The number of likely N-dealkylation sites (tertiary alicyclic amines) is 1. The molecule has 0 spiro atoms. The largest absolute Gasteiger partial charge is 0.376 e. The van der Waals surface area contributed by atoms with Crippen molar-refractivity contribution in [2.45, 2.75) is 54.4 Å². The summed E-state index contributed by atoms with van der Waals surface area (Å²) in [5.74, 6) is -2.02. The van der Waals surface area contributed by atoms with E-state index in [2.05, 4.69) is 5.32 Å². The highest BCUT2D eigenvalue weighted by molar-refractivity contribution is 6.36. The number of alkyl halides is 2. The molecule has 3 amide bonds. The fraction of sp³-hybridized carbons (Fsp3) is 0.483.